The van der Waals surface area contributed by atoms with Gasteiger partial charge in [-0.05, 0) is 45.0 Å². The van der Waals surface area contributed by atoms with Gasteiger partial charge in [0.05, 0.1) is 22.3 Å². The van der Waals surface area contributed by atoms with Crippen molar-refractivity contribution in [1.29, 1.82) is 0 Å². The number of aromatic nitrogens is 2. The lowest BCUT2D eigenvalue weighted by molar-refractivity contribution is 0.0473. The van der Waals surface area contributed by atoms with Crippen LogP contribution in [-0.2, 0) is 11.3 Å². The maximum absolute atomic E-state index is 12.8. The highest BCUT2D eigenvalue weighted by Gasteiger charge is 2.18. The van der Waals surface area contributed by atoms with Gasteiger partial charge in [-0.25, -0.2) is 9.78 Å². The highest BCUT2D eigenvalue weighted by Crippen LogP contribution is 2.27. The summed E-state index contributed by atoms with van der Waals surface area (Å²) in [5.41, 5.74) is 3.23. The topological polar surface area (TPSA) is 78.4 Å². The largest absolute Gasteiger partial charge is 0.460 e. The number of pyridine rings is 1. The van der Waals surface area contributed by atoms with E-state index in [1.165, 1.54) is 0 Å². The Balaban J connectivity index is 1.72. The van der Waals surface area contributed by atoms with E-state index in [4.69, 9.17) is 13.7 Å². The highest BCUT2D eigenvalue weighted by molar-refractivity contribution is 6.04. The van der Waals surface area contributed by atoms with Gasteiger partial charge in [-0.2, -0.15) is 0 Å². The zero-order chi connectivity index (χ0) is 19.0. The number of carbonyl (C=O) groups excluding carboxylic acids is 1. The molecule has 0 aliphatic heterocycles. The molecule has 0 N–H and O–H groups in total. The van der Waals surface area contributed by atoms with Crippen LogP contribution in [-0.4, -0.2) is 16.1 Å². The Morgan fingerprint density at radius 3 is 2.63 bits per heavy atom. The van der Waals surface area contributed by atoms with Gasteiger partial charge in [0, 0.05) is 5.39 Å². The number of hydrogen-bond donors (Lipinski definition) is 0. The lowest BCUT2D eigenvalue weighted by atomic mass is 10.1. The summed E-state index contributed by atoms with van der Waals surface area (Å²) in [5, 5.41) is 4.61. The van der Waals surface area contributed by atoms with Crippen molar-refractivity contribution in [3.63, 3.8) is 0 Å². The van der Waals surface area contributed by atoms with E-state index in [-0.39, 0.29) is 6.61 Å². The van der Waals surface area contributed by atoms with Crippen LogP contribution in [0, 0.1) is 20.8 Å². The second-order valence-electron chi connectivity index (χ2n) is 6.36. The number of esters is 1. The molecule has 0 bridgehead atoms. The Labute approximate surface area is 155 Å². The lowest BCUT2D eigenvalue weighted by Gasteiger charge is -2.09. The standard InChI is InChI=1S/C21H18N2O4/c1-12-8-9-20(26-12)19-10-16(15-6-4-5-7-18(15)22-19)21(24)25-11-17-13(2)23-27-14(17)3/h4-10H,11H2,1-3H3. The molecule has 4 aromatic rings. The molecule has 3 aromatic heterocycles. The van der Waals surface area contributed by atoms with Gasteiger partial charge in [0.25, 0.3) is 0 Å². The van der Waals surface area contributed by atoms with Crippen LogP contribution in [0.1, 0.15) is 33.1 Å². The predicted octanol–water partition coefficient (Wildman–Crippen LogP) is 4.77. The monoisotopic (exact) mass is 362 g/mol. The molecule has 0 fully saturated rings. The number of para-hydroxylation sites is 1. The fraction of sp³-hybridized carbons (Fsp3) is 0.190. The number of rotatable bonds is 4. The van der Waals surface area contributed by atoms with Gasteiger partial charge in [0.15, 0.2) is 5.76 Å². The van der Waals surface area contributed by atoms with E-state index >= 15 is 0 Å². The fourth-order valence-corrected chi connectivity index (χ4v) is 2.97. The average Bonchev–Trinajstić information content (AvgIpc) is 3.24. The highest BCUT2D eigenvalue weighted by atomic mass is 16.5. The number of carbonyl (C=O) groups is 1. The van der Waals surface area contributed by atoms with Crippen molar-refractivity contribution in [2.45, 2.75) is 27.4 Å². The first-order valence-electron chi connectivity index (χ1n) is 8.58. The third kappa shape index (κ3) is 3.21. The van der Waals surface area contributed by atoms with E-state index in [9.17, 15) is 4.79 Å². The van der Waals surface area contributed by atoms with Crippen LogP contribution in [0.5, 0.6) is 0 Å². The van der Waals surface area contributed by atoms with Crippen LogP contribution >= 0.6 is 0 Å². The van der Waals surface area contributed by atoms with E-state index in [1.54, 1.807) is 13.0 Å². The van der Waals surface area contributed by atoms with E-state index < -0.39 is 5.97 Å². The Bertz CT molecular complexity index is 1120. The van der Waals surface area contributed by atoms with E-state index in [2.05, 4.69) is 10.1 Å². The summed E-state index contributed by atoms with van der Waals surface area (Å²) in [6.45, 7) is 5.58. The third-order valence-electron chi connectivity index (χ3n) is 4.46. The molecule has 0 atom stereocenters. The molecular formula is C21H18N2O4. The van der Waals surface area contributed by atoms with Crippen molar-refractivity contribution in [1.82, 2.24) is 10.1 Å². The van der Waals surface area contributed by atoms with Crippen LogP contribution in [0.2, 0.25) is 0 Å². The first-order valence-corrected chi connectivity index (χ1v) is 8.58. The van der Waals surface area contributed by atoms with Crippen LogP contribution in [0.15, 0.2) is 51.4 Å². The molecule has 0 amide bonds. The van der Waals surface area contributed by atoms with Crippen molar-refractivity contribution in [2.24, 2.45) is 0 Å². The summed E-state index contributed by atoms with van der Waals surface area (Å²) in [6.07, 6.45) is 0. The van der Waals surface area contributed by atoms with Crippen molar-refractivity contribution in [2.75, 3.05) is 0 Å². The molecule has 0 spiro atoms. The van der Waals surface area contributed by atoms with E-state index in [0.29, 0.717) is 34.0 Å². The zero-order valence-electron chi connectivity index (χ0n) is 15.3. The normalized spacial score (nSPS) is 11.1. The van der Waals surface area contributed by atoms with Gasteiger partial charge in [-0.3, -0.25) is 0 Å². The zero-order valence-corrected chi connectivity index (χ0v) is 15.3. The van der Waals surface area contributed by atoms with Gasteiger partial charge in [0.1, 0.15) is 23.8 Å². The summed E-state index contributed by atoms with van der Waals surface area (Å²) in [7, 11) is 0. The summed E-state index contributed by atoms with van der Waals surface area (Å²) in [5.74, 6) is 1.60. The number of aryl methyl sites for hydroxylation is 3. The first-order chi connectivity index (χ1) is 13.0. The summed E-state index contributed by atoms with van der Waals surface area (Å²) < 4.78 is 16.3. The molecule has 0 radical (unpaired) electrons. The molecule has 0 saturated carbocycles. The van der Waals surface area contributed by atoms with Gasteiger partial charge >= 0.3 is 5.97 Å². The molecule has 0 saturated heterocycles. The molecule has 3 heterocycles. The van der Waals surface area contributed by atoms with E-state index in [0.717, 1.165) is 16.7 Å². The summed E-state index contributed by atoms with van der Waals surface area (Å²) in [6, 6.07) is 12.9. The third-order valence-corrected chi connectivity index (χ3v) is 4.46. The second kappa shape index (κ2) is 6.72. The quantitative estimate of drug-likeness (QED) is 0.487. The fourth-order valence-electron chi connectivity index (χ4n) is 2.97. The Hall–Kier alpha value is -3.41. The number of hydrogen-bond acceptors (Lipinski definition) is 6. The van der Waals surface area contributed by atoms with Crippen LogP contribution in [0.3, 0.4) is 0 Å². The Kier molecular flexibility index (Phi) is 4.24. The number of furan rings is 1. The molecule has 136 valence electrons. The first kappa shape index (κ1) is 17.0. The molecule has 4 rings (SSSR count). The number of fused-ring (bicyclic) bond motifs is 1. The minimum absolute atomic E-state index is 0.103. The second-order valence-corrected chi connectivity index (χ2v) is 6.36. The van der Waals surface area contributed by atoms with Crippen molar-refractivity contribution >= 4 is 16.9 Å². The molecule has 0 aliphatic carbocycles. The summed E-state index contributed by atoms with van der Waals surface area (Å²) in [4.78, 5) is 17.4. The van der Waals surface area contributed by atoms with Gasteiger partial charge in [0.2, 0.25) is 0 Å². The Morgan fingerprint density at radius 2 is 1.93 bits per heavy atom. The van der Waals surface area contributed by atoms with Crippen LogP contribution in [0.4, 0.5) is 0 Å². The minimum Gasteiger partial charge on any atom is -0.460 e. The molecule has 27 heavy (non-hydrogen) atoms. The maximum atomic E-state index is 12.8. The smallest absolute Gasteiger partial charge is 0.339 e. The molecule has 0 aliphatic rings. The van der Waals surface area contributed by atoms with E-state index in [1.807, 2.05) is 50.2 Å². The van der Waals surface area contributed by atoms with Gasteiger partial charge < -0.3 is 13.7 Å². The molecule has 0 unspecified atom stereocenters. The molecule has 6 nitrogen and oxygen atoms in total. The molecular weight excluding hydrogens is 344 g/mol. The van der Waals surface area contributed by atoms with Crippen molar-refractivity contribution in [3.05, 3.63) is 70.8 Å². The van der Waals surface area contributed by atoms with Crippen molar-refractivity contribution in [3.8, 4) is 11.5 Å². The predicted molar refractivity (Wildman–Crippen MR) is 99.3 cm³/mol. The maximum Gasteiger partial charge on any atom is 0.339 e. The van der Waals surface area contributed by atoms with Crippen LogP contribution < -0.4 is 0 Å². The summed E-state index contributed by atoms with van der Waals surface area (Å²) >= 11 is 0. The average molecular weight is 362 g/mol. The number of benzene rings is 1. The number of ether oxygens (including phenoxy) is 1. The number of nitrogens with zero attached hydrogens (tertiary/aromatic N) is 2. The molecule has 6 heteroatoms. The lowest BCUT2D eigenvalue weighted by Crippen LogP contribution is -2.08. The Morgan fingerprint density at radius 1 is 1.11 bits per heavy atom. The van der Waals surface area contributed by atoms with Gasteiger partial charge in [-0.1, -0.05) is 23.4 Å². The van der Waals surface area contributed by atoms with Gasteiger partial charge in [-0.15, -0.1) is 0 Å². The van der Waals surface area contributed by atoms with Crippen molar-refractivity contribution < 1.29 is 18.5 Å². The molecule has 1 aromatic carbocycles. The van der Waals surface area contributed by atoms with Crippen LogP contribution in [0.25, 0.3) is 22.4 Å². The minimum atomic E-state index is -0.432. The SMILES string of the molecule is Cc1ccc(-c2cc(C(=O)OCc3c(C)noc3C)c3ccccc3n2)o1.